The van der Waals surface area contributed by atoms with E-state index in [9.17, 15) is 5.11 Å². The summed E-state index contributed by atoms with van der Waals surface area (Å²) in [5.74, 6) is 0.918. The lowest BCUT2D eigenvalue weighted by atomic mass is 9.97. The number of aliphatic hydroxyl groups excluding tert-OH is 3. The smallest absolute Gasteiger partial charge is 0.185 e. The summed E-state index contributed by atoms with van der Waals surface area (Å²) in [6, 6.07) is 13.9. The zero-order chi connectivity index (χ0) is 26.5. The van der Waals surface area contributed by atoms with Crippen LogP contribution in [0.3, 0.4) is 0 Å². The van der Waals surface area contributed by atoms with Gasteiger partial charge in [-0.05, 0) is 73.8 Å². The van der Waals surface area contributed by atoms with E-state index in [1.165, 1.54) is 28.6 Å². The fraction of sp³-hybridized carbons (Fsp3) is 0.385. The van der Waals surface area contributed by atoms with Crippen molar-refractivity contribution >= 4 is 17.3 Å². The molecule has 1 aromatic heterocycles. The molecule has 0 aliphatic rings. The first-order valence-corrected chi connectivity index (χ1v) is 11.8. The third-order valence-electron chi connectivity index (χ3n) is 5.86. The highest BCUT2D eigenvalue weighted by Gasteiger charge is 2.19. The van der Waals surface area contributed by atoms with Gasteiger partial charge in [0.05, 0.1) is 13.2 Å². The summed E-state index contributed by atoms with van der Waals surface area (Å²) in [4.78, 5) is 9.97. The van der Waals surface area contributed by atoms with Crippen molar-refractivity contribution in [3.05, 3.63) is 76.6 Å². The number of aliphatic hydroxyl groups is 3. The third-order valence-corrected chi connectivity index (χ3v) is 5.86. The van der Waals surface area contributed by atoms with Crippen molar-refractivity contribution in [2.45, 2.75) is 39.7 Å². The Labute approximate surface area is 213 Å². The lowest BCUT2D eigenvalue weighted by Gasteiger charge is -2.29. The minimum Gasteiger partial charge on any atom is -0.399 e. The number of hydrogen-bond acceptors (Lipinski definition) is 10. The minimum absolute atomic E-state index is 0.125. The van der Waals surface area contributed by atoms with E-state index in [-0.39, 0.29) is 13.2 Å². The quantitative estimate of drug-likeness (QED) is 0.116. The van der Waals surface area contributed by atoms with Crippen LogP contribution in [0.4, 0.5) is 17.3 Å². The van der Waals surface area contributed by atoms with E-state index in [0.29, 0.717) is 18.2 Å². The molecule has 3 aromatic rings. The van der Waals surface area contributed by atoms with Crippen molar-refractivity contribution in [1.29, 1.82) is 0 Å². The molecule has 10 nitrogen and oxygen atoms in total. The van der Waals surface area contributed by atoms with Gasteiger partial charge in [-0.2, -0.15) is 0 Å². The Morgan fingerprint density at radius 1 is 0.944 bits per heavy atom. The van der Waals surface area contributed by atoms with Gasteiger partial charge in [-0.1, -0.05) is 24.3 Å². The summed E-state index contributed by atoms with van der Waals surface area (Å²) in [5.41, 5.74) is 18.4. The zero-order valence-electron chi connectivity index (χ0n) is 21.3. The molecule has 1 heterocycles. The average Bonchev–Trinajstić information content (AvgIpc) is 2.89. The number of hydrogen-bond donors (Lipinski definition) is 7. The van der Waals surface area contributed by atoms with E-state index >= 15 is 0 Å². The molecule has 36 heavy (non-hydrogen) atoms. The molecule has 0 fully saturated rings. The number of nitrogen functional groups attached to an aromatic ring is 2. The average molecular weight is 498 g/mol. The van der Waals surface area contributed by atoms with E-state index < -0.39 is 6.35 Å². The monoisotopic (exact) mass is 497 g/mol. The SMILES string of the molecule is CNC(O)N(Cc1ccc(CNCCc2ccc(N)cc2)c(C)c1C)c1cc(N)ncn1.OCCO. The van der Waals surface area contributed by atoms with Crippen molar-refractivity contribution in [2.75, 3.05) is 43.2 Å². The molecule has 3 rings (SSSR count). The van der Waals surface area contributed by atoms with Gasteiger partial charge in [0.1, 0.15) is 18.0 Å². The van der Waals surface area contributed by atoms with Crippen LogP contribution in [0.25, 0.3) is 0 Å². The zero-order valence-corrected chi connectivity index (χ0v) is 21.3. The maximum atomic E-state index is 10.5. The van der Waals surface area contributed by atoms with Crippen LogP contribution in [0.1, 0.15) is 27.8 Å². The molecule has 2 aromatic carbocycles. The van der Waals surface area contributed by atoms with Crippen LogP contribution in [0.2, 0.25) is 0 Å². The number of anilines is 3. The van der Waals surface area contributed by atoms with Gasteiger partial charge >= 0.3 is 0 Å². The minimum atomic E-state index is -0.904. The maximum Gasteiger partial charge on any atom is 0.185 e. The van der Waals surface area contributed by atoms with Gasteiger partial charge in [-0.3, -0.25) is 5.32 Å². The Bertz CT molecular complexity index is 1060. The van der Waals surface area contributed by atoms with Crippen LogP contribution in [-0.2, 0) is 19.5 Å². The molecule has 0 saturated carbocycles. The van der Waals surface area contributed by atoms with E-state index in [1.807, 2.05) is 12.1 Å². The van der Waals surface area contributed by atoms with E-state index in [2.05, 4.69) is 58.7 Å². The number of nitrogens with zero attached hydrogens (tertiary/aromatic N) is 3. The second-order valence-electron chi connectivity index (χ2n) is 8.34. The van der Waals surface area contributed by atoms with Gasteiger partial charge in [0, 0.05) is 24.8 Å². The number of nitrogens with one attached hydrogen (secondary N) is 2. The fourth-order valence-corrected chi connectivity index (χ4v) is 3.59. The van der Waals surface area contributed by atoms with Crippen LogP contribution in [-0.4, -0.2) is 58.4 Å². The maximum absolute atomic E-state index is 10.5. The van der Waals surface area contributed by atoms with Gasteiger partial charge in [-0.15, -0.1) is 0 Å². The normalized spacial score (nSPS) is 11.5. The molecule has 0 saturated heterocycles. The topological polar surface area (TPSA) is 166 Å². The summed E-state index contributed by atoms with van der Waals surface area (Å²) in [6.07, 6.45) is 1.45. The molecule has 10 heteroatoms. The van der Waals surface area contributed by atoms with Gasteiger partial charge in [0.15, 0.2) is 6.35 Å². The molecular formula is C26H39N7O3. The summed E-state index contributed by atoms with van der Waals surface area (Å²) in [7, 11) is 1.69. The first-order valence-electron chi connectivity index (χ1n) is 11.8. The molecule has 1 atom stereocenters. The Balaban J connectivity index is 0.00000106. The van der Waals surface area contributed by atoms with Crippen LogP contribution in [0.5, 0.6) is 0 Å². The summed E-state index contributed by atoms with van der Waals surface area (Å²) in [6.45, 7) is 6.17. The third kappa shape index (κ3) is 8.74. The molecular weight excluding hydrogens is 458 g/mol. The van der Waals surface area contributed by atoms with Crippen molar-refractivity contribution in [3.63, 3.8) is 0 Å². The molecule has 1 unspecified atom stereocenters. The van der Waals surface area contributed by atoms with E-state index in [0.717, 1.165) is 30.8 Å². The van der Waals surface area contributed by atoms with Gasteiger partial charge in [0.2, 0.25) is 0 Å². The first-order chi connectivity index (χ1) is 17.3. The molecule has 0 aliphatic heterocycles. The second-order valence-corrected chi connectivity index (χ2v) is 8.34. The van der Waals surface area contributed by atoms with Crippen molar-refractivity contribution in [2.24, 2.45) is 0 Å². The van der Waals surface area contributed by atoms with Gasteiger partial charge < -0.3 is 37.0 Å². The lowest BCUT2D eigenvalue weighted by molar-refractivity contribution is 0.138. The Morgan fingerprint density at radius 2 is 1.58 bits per heavy atom. The van der Waals surface area contributed by atoms with Crippen LogP contribution >= 0.6 is 0 Å². The van der Waals surface area contributed by atoms with Crippen molar-refractivity contribution in [3.8, 4) is 0 Å². The molecule has 0 amide bonds. The molecule has 0 bridgehead atoms. The van der Waals surface area contributed by atoms with Crippen LogP contribution in [0, 0.1) is 13.8 Å². The Morgan fingerprint density at radius 3 is 2.19 bits per heavy atom. The predicted octanol–water partition coefficient (Wildman–Crippen LogP) is 1.06. The molecule has 0 spiro atoms. The number of benzene rings is 2. The van der Waals surface area contributed by atoms with Crippen molar-refractivity contribution in [1.82, 2.24) is 20.6 Å². The number of rotatable bonds is 11. The molecule has 196 valence electrons. The summed E-state index contributed by atoms with van der Waals surface area (Å²) >= 11 is 0. The summed E-state index contributed by atoms with van der Waals surface area (Å²) < 4.78 is 0. The highest BCUT2D eigenvalue weighted by Crippen LogP contribution is 2.23. The fourth-order valence-electron chi connectivity index (χ4n) is 3.59. The first kappa shape index (κ1) is 29.0. The standard InChI is InChI=1S/C24H33N7O.C2H6O2/c1-16-17(2)20(14-31(24(32)27-3)23-12-22(26)29-15-30-23)7-6-19(16)13-28-11-10-18-4-8-21(25)9-5-18;3-1-2-4/h4-9,12,15,24,27-28,32H,10-11,13-14,25H2,1-3H3,(H2,26,29,30);3-4H,1-2H2. The second kappa shape index (κ2) is 15.0. The largest absolute Gasteiger partial charge is 0.399 e. The molecule has 9 N–H and O–H groups in total. The Kier molecular flexibility index (Phi) is 12.0. The van der Waals surface area contributed by atoms with E-state index in [1.54, 1.807) is 18.0 Å². The van der Waals surface area contributed by atoms with Crippen molar-refractivity contribution < 1.29 is 15.3 Å². The number of nitrogens with two attached hydrogens (primary N) is 2. The van der Waals surface area contributed by atoms with E-state index in [4.69, 9.17) is 21.7 Å². The summed E-state index contributed by atoms with van der Waals surface area (Å²) in [5, 5.41) is 32.1. The van der Waals surface area contributed by atoms with Crippen LogP contribution in [0.15, 0.2) is 48.8 Å². The van der Waals surface area contributed by atoms with Crippen LogP contribution < -0.4 is 27.0 Å². The molecule has 0 radical (unpaired) electrons. The Hall–Kier alpha value is -3.28. The highest BCUT2D eigenvalue weighted by molar-refractivity contribution is 5.48. The van der Waals surface area contributed by atoms with Gasteiger partial charge in [-0.25, -0.2) is 9.97 Å². The van der Waals surface area contributed by atoms with Gasteiger partial charge in [0.25, 0.3) is 0 Å². The lowest BCUT2D eigenvalue weighted by Crippen LogP contribution is -2.44. The highest BCUT2D eigenvalue weighted by atomic mass is 16.3. The molecule has 0 aliphatic carbocycles. The number of aromatic nitrogens is 2. The predicted molar refractivity (Wildman–Crippen MR) is 144 cm³/mol.